The van der Waals surface area contributed by atoms with Gasteiger partial charge in [0.1, 0.15) is 11.4 Å². The number of ether oxygens (including phenoxy) is 1. The Labute approximate surface area is 174 Å². The maximum atomic E-state index is 12.9. The van der Waals surface area contributed by atoms with Crippen LogP contribution in [0.3, 0.4) is 0 Å². The summed E-state index contributed by atoms with van der Waals surface area (Å²) in [5.74, 6) is -0.0190. The Morgan fingerprint density at radius 1 is 1.03 bits per heavy atom. The minimum Gasteiger partial charge on any atom is -0.495 e. The van der Waals surface area contributed by atoms with Crippen molar-refractivity contribution in [3.8, 4) is 5.75 Å². The van der Waals surface area contributed by atoms with E-state index in [2.05, 4.69) is 20.2 Å². The van der Waals surface area contributed by atoms with Gasteiger partial charge in [-0.1, -0.05) is 12.1 Å². The molecule has 4 rings (SSSR count). The second kappa shape index (κ2) is 8.46. The van der Waals surface area contributed by atoms with Gasteiger partial charge in [-0.3, -0.25) is 14.6 Å². The lowest BCUT2D eigenvalue weighted by molar-refractivity contribution is 0.0664. The molecule has 3 aromatic rings. The van der Waals surface area contributed by atoms with Crippen LogP contribution in [-0.4, -0.2) is 71.9 Å². The zero-order chi connectivity index (χ0) is 21.1. The van der Waals surface area contributed by atoms with Gasteiger partial charge in [-0.15, -0.1) is 0 Å². The highest BCUT2D eigenvalue weighted by Gasteiger charge is 2.22. The number of nitrogens with one attached hydrogen (secondary N) is 1. The van der Waals surface area contributed by atoms with E-state index in [1.165, 1.54) is 13.3 Å². The third-order valence-electron chi connectivity index (χ3n) is 5.17. The molecule has 1 aromatic heterocycles. The number of aromatic nitrogens is 2. The summed E-state index contributed by atoms with van der Waals surface area (Å²) in [5, 5.41) is 2.80. The number of carbonyl (C=O) groups excluding carboxylic acids is 2. The lowest BCUT2D eigenvalue weighted by atomic mass is 10.1. The monoisotopic (exact) mass is 405 g/mol. The summed E-state index contributed by atoms with van der Waals surface area (Å²) < 4.78 is 5.36. The van der Waals surface area contributed by atoms with E-state index < -0.39 is 5.91 Å². The quantitative estimate of drug-likeness (QED) is 0.717. The molecular weight excluding hydrogens is 382 g/mol. The third-order valence-corrected chi connectivity index (χ3v) is 5.17. The van der Waals surface area contributed by atoms with Crippen molar-refractivity contribution in [3.05, 3.63) is 59.9 Å². The van der Waals surface area contributed by atoms with Crippen molar-refractivity contribution >= 4 is 28.5 Å². The van der Waals surface area contributed by atoms with Crippen LogP contribution in [0.25, 0.3) is 11.0 Å². The molecule has 1 fully saturated rings. The summed E-state index contributed by atoms with van der Waals surface area (Å²) >= 11 is 0. The van der Waals surface area contributed by atoms with Gasteiger partial charge in [-0.2, -0.15) is 0 Å². The largest absolute Gasteiger partial charge is 0.495 e. The number of fused-ring (bicyclic) bond motifs is 1. The lowest BCUT2D eigenvalue weighted by Crippen LogP contribution is -2.47. The molecule has 0 bridgehead atoms. The fourth-order valence-electron chi connectivity index (χ4n) is 3.38. The molecule has 8 heteroatoms. The summed E-state index contributed by atoms with van der Waals surface area (Å²) in [6.45, 7) is 3.03. The van der Waals surface area contributed by atoms with E-state index in [4.69, 9.17) is 4.74 Å². The third kappa shape index (κ3) is 4.08. The Kier molecular flexibility index (Phi) is 5.58. The number of para-hydroxylation sites is 2. The molecule has 0 radical (unpaired) electrons. The highest BCUT2D eigenvalue weighted by Crippen LogP contribution is 2.27. The molecule has 1 N–H and O–H groups in total. The van der Waals surface area contributed by atoms with Crippen LogP contribution in [-0.2, 0) is 0 Å². The maximum absolute atomic E-state index is 12.9. The van der Waals surface area contributed by atoms with Gasteiger partial charge in [0.2, 0.25) is 0 Å². The van der Waals surface area contributed by atoms with Gasteiger partial charge in [0.05, 0.1) is 30.0 Å². The molecule has 1 aliphatic heterocycles. The van der Waals surface area contributed by atoms with Crippen molar-refractivity contribution in [2.24, 2.45) is 0 Å². The summed E-state index contributed by atoms with van der Waals surface area (Å²) in [6, 6.07) is 12.4. The Morgan fingerprint density at radius 3 is 2.50 bits per heavy atom. The summed E-state index contributed by atoms with van der Waals surface area (Å²) in [4.78, 5) is 38.3. The van der Waals surface area contributed by atoms with E-state index in [0.29, 0.717) is 41.1 Å². The number of carbonyl (C=O) groups is 2. The van der Waals surface area contributed by atoms with Crippen LogP contribution in [0.4, 0.5) is 5.69 Å². The Balaban J connectivity index is 1.57. The molecular formula is C22H23N5O3. The molecule has 1 saturated heterocycles. The summed E-state index contributed by atoms with van der Waals surface area (Å²) in [5.41, 5.74) is 2.45. The van der Waals surface area contributed by atoms with Gasteiger partial charge in [0, 0.05) is 31.7 Å². The fraction of sp³-hybridized carbons (Fsp3) is 0.273. The van der Waals surface area contributed by atoms with Gasteiger partial charge in [0.25, 0.3) is 11.8 Å². The minimum atomic E-state index is -0.421. The average molecular weight is 405 g/mol. The van der Waals surface area contributed by atoms with Crippen LogP contribution >= 0.6 is 0 Å². The van der Waals surface area contributed by atoms with E-state index >= 15 is 0 Å². The molecule has 30 heavy (non-hydrogen) atoms. The van der Waals surface area contributed by atoms with E-state index in [1.807, 2.05) is 30.1 Å². The van der Waals surface area contributed by atoms with Gasteiger partial charge in [-0.05, 0) is 37.4 Å². The minimum absolute atomic E-state index is 0.0632. The van der Waals surface area contributed by atoms with Gasteiger partial charge >= 0.3 is 0 Å². The molecule has 0 aliphatic carbocycles. The van der Waals surface area contributed by atoms with E-state index in [1.54, 1.807) is 24.3 Å². The summed E-state index contributed by atoms with van der Waals surface area (Å²) in [7, 11) is 3.56. The topological polar surface area (TPSA) is 87.7 Å². The number of piperazine rings is 1. The van der Waals surface area contributed by atoms with E-state index in [0.717, 1.165) is 13.1 Å². The van der Waals surface area contributed by atoms with Crippen LogP contribution in [0.2, 0.25) is 0 Å². The van der Waals surface area contributed by atoms with Crippen LogP contribution in [0, 0.1) is 0 Å². The molecule has 2 aromatic carbocycles. The number of anilines is 1. The predicted octanol–water partition coefficient (Wildman–Crippen LogP) is 2.28. The first-order valence-corrected chi connectivity index (χ1v) is 9.74. The standard InChI is InChI=1S/C22H23N5O3/c1-26-9-11-27(12-10-26)22(29)15-7-8-20(30-2)18(13-15)25-21(28)19-14-23-16-5-3-4-6-17(16)24-19/h3-8,13-14H,9-12H2,1-2H3,(H,25,28). The van der Waals surface area contributed by atoms with Crippen molar-refractivity contribution in [1.82, 2.24) is 19.8 Å². The molecule has 154 valence electrons. The molecule has 1 aliphatic rings. The number of hydrogen-bond donors (Lipinski definition) is 1. The second-order valence-corrected chi connectivity index (χ2v) is 7.21. The Hall–Kier alpha value is -3.52. The normalized spacial score (nSPS) is 14.5. The smallest absolute Gasteiger partial charge is 0.275 e. The molecule has 2 amide bonds. The predicted molar refractivity (Wildman–Crippen MR) is 114 cm³/mol. The first-order chi connectivity index (χ1) is 14.5. The van der Waals surface area contributed by atoms with Crippen molar-refractivity contribution in [2.45, 2.75) is 0 Å². The van der Waals surface area contributed by atoms with Crippen LogP contribution < -0.4 is 10.1 Å². The zero-order valence-electron chi connectivity index (χ0n) is 17.0. The van der Waals surface area contributed by atoms with Gasteiger partial charge < -0.3 is 19.9 Å². The fourth-order valence-corrected chi connectivity index (χ4v) is 3.38. The molecule has 8 nitrogen and oxygen atoms in total. The molecule has 0 unspecified atom stereocenters. The second-order valence-electron chi connectivity index (χ2n) is 7.21. The molecule has 0 atom stereocenters. The molecule has 0 saturated carbocycles. The number of amides is 2. The van der Waals surface area contributed by atoms with Crippen molar-refractivity contribution in [3.63, 3.8) is 0 Å². The highest BCUT2D eigenvalue weighted by atomic mass is 16.5. The Bertz CT molecular complexity index is 1090. The van der Waals surface area contributed by atoms with Crippen molar-refractivity contribution in [2.75, 3.05) is 45.7 Å². The molecule has 2 heterocycles. The van der Waals surface area contributed by atoms with Crippen molar-refractivity contribution in [1.29, 1.82) is 0 Å². The van der Waals surface area contributed by atoms with E-state index in [9.17, 15) is 9.59 Å². The van der Waals surface area contributed by atoms with Crippen LogP contribution in [0.1, 0.15) is 20.8 Å². The zero-order valence-corrected chi connectivity index (χ0v) is 17.0. The summed E-state index contributed by atoms with van der Waals surface area (Å²) in [6.07, 6.45) is 1.43. The first-order valence-electron chi connectivity index (χ1n) is 9.74. The highest BCUT2D eigenvalue weighted by molar-refractivity contribution is 6.05. The van der Waals surface area contributed by atoms with Crippen LogP contribution in [0.5, 0.6) is 5.75 Å². The maximum Gasteiger partial charge on any atom is 0.275 e. The number of nitrogens with zero attached hydrogens (tertiary/aromatic N) is 4. The number of benzene rings is 2. The average Bonchev–Trinajstić information content (AvgIpc) is 2.78. The number of rotatable bonds is 4. The van der Waals surface area contributed by atoms with Crippen molar-refractivity contribution < 1.29 is 14.3 Å². The lowest BCUT2D eigenvalue weighted by Gasteiger charge is -2.32. The number of hydrogen-bond acceptors (Lipinski definition) is 6. The number of methoxy groups -OCH3 is 1. The SMILES string of the molecule is COc1ccc(C(=O)N2CCN(C)CC2)cc1NC(=O)c1cnc2ccccc2n1. The Morgan fingerprint density at radius 2 is 1.77 bits per heavy atom. The number of likely N-dealkylation sites (N-methyl/N-ethyl adjacent to an activating group) is 1. The van der Waals surface area contributed by atoms with E-state index in [-0.39, 0.29) is 11.6 Å². The van der Waals surface area contributed by atoms with Gasteiger partial charge in [-0.25, -0.2) is 4.98 Å². The first kappa shape index (κ1) is 19.8. The van der Waals surface area contributed by atoms with Crippen LogP contribution in [0.15, 0.2) is 48.7 Å². The van der Waals surface area contributed by atoms with Gasteiger partial charge in [0.15, 0.2) is 0 Å². The molecule has 0 spiro atoms.